The minimum atomic E-state index is -0.810. The van der Waals surface area contributed by atoms with Crippen LogP contribution in [0.15, 0.2) is 41.5 Å². The summed E-state index contributed by atoms with van der Waals surface area (Å²) in [5.74, 6) is -1.68. The van der Waals surface area contributed by atoms with E-state index in [1.54, 1.807) is 18.2 Å². The summed E-state index contributed by atoms with van der Waals surface area (Å²) in [6, 6.07) is 8.09. The lowest BCUT2D eigenvalue weighted by Gasteiger charge is -2.04. The van der Waals surface area contributed by atoms with Gasteiger partial charge >= 0.3 is 5.69 Å². The Morgan fingerprint density at radius 1 is 1.26 bits per heavy atom. The summed E-state index contributed by atoms with van der Waals surface area (Å²) < 4.78 is 0. The fourth-order valence-corrected chi connectivity index (χ4v) is 1.76. The maximum absolute atomic E-state index is 11.9. The van der Waals surface area contributed by atoms with Crippen LogP contribution in [0.1, 0.15) is 15.9 Å². The molecule has 1 amide bonds. The third kappa shape index (κ3) is 3.53. The normalized spacial score (nSPS) is 10.6. The van der Waals surface area contributed by atoms with Crippen LogP contribution in [-0.2, 0) is 0 Å². The zero-order valence-electron chi connectivity index (χ0n) is 11.6. The number of amides is 1. The Balaban J connectivity index is 2.18. The van der Waals surface area contributed by atoms with Crippen molar-refractivity contribution in [2.75, 3.05) is 5.73 Å². The summed E-state index contributed by atoms with van der Waals surface area (Å²) in [6.45, 7) is 0. The molecule has 0 saturated carbocycles. The fraction of sp³-hybridized carbons (Fsp3) is 0. The number of nitrogens with zero attached hydrogens (tertiary/aromatic N) is 2. The van der Waals surface area contributed by atoms with Gasteiger partial charge in [-0.15, -0.1) is 0 Å². The average molecular weight is 316 g/mol. The molecule has 0 aliphatic heterocycles. The molecular formula is C14H12N4O5. The van der Waals surface area contributed by atoms with Gasteiger partial charge in [0.2, 0.25) is 0 Å². The third-order valence-corrected chi connectivity index (χ3v) is 2.90. The molecule has 0 bridgehead atoms. The maximum Gasteiger partial charge on any atom is 0.311 e. The van der Waals surface area contributed by atoms with Gasteiger partial charge in [-0.05, 0) is 12.1 Å². The molecule has 118 valence electrons. The Bertz CT molecular complexity index is 804. The Labute approximate surface area is 129 Å². The van der Waals surface area contributed by atoms with E-state index in [-0.39, 0.29) is 16.8 Å². The molecule has 0 spiro atoms. The van der Waals surface area contributed by atoms with Crippen molar-refractivity contribution in [3.8, 4) is 11.5 Å². The molecule has 0 unspecified atom stereocenters. The lowest BCUT2D eigenvalue weighted by Crippen LogP contribution is -2.19. The second kappa shape index (κ2) is 6.43. The molecule has 2 aromatic carbocycles. The van der Waals surface area contributed by atoms with E-state index in [0.717, 1.165) is 18.3 Å². The molecule has 0 aliphatic rings. The van der Waals surface area contributed by atoms with E-state index in [1.807, 2.05) is 0 Å². The molecule has 0 aliphatic carbocycles. The smallest absolute Gasteiger partial charge is 0.311 e. The van der Waals surface area contributed by atoms with Gasteiger partial charge in [-0.25, -0.2) is 5.43 Å². The number of anilines is 1. The van der Waals surface area contributed by atoms with Gasteiger partial charge in [0.15, 0.2) is 5.75 Å². The molecule has 0 heterocycles. The summed E-state index contributed by atoms with van der Waals surface area (Å²) in [4.78, 5) is 21.8. The number of carbonyl (C=O) groups excluding carboxylic acids is 1. The van der Waals surface area contributed by atoms with Gasteiger partial charge in [0.1, 0.15) is 5.75 Å². The maximum atomic E-state index is 11.9. The molecular weight excluding hydrogens is 304 g/mol. The van der Waals surface area contributed by atoms with E-state index >= 15 is 0 Å². The number of nitrogens with two attached hydrogens (primary N) is 1. The Morgan fingerprint density at radius 3 is 2.61 bits per heavy atom. The van der Waals surface area contributed by atoms with Gasteiger partial charge in [-0.2, -0.15) is 5.10 Å². The van der Waals surface area contributed by atoms with Gasteiger partial charge in [0.25, 0.3) is 5.91 Å². The summed E-state index contributed by atoms with van der Waals surface area (Å²) in [5, 5.41) is 33.3. The van der Waals surface area contributed by atoms with E-state index in [2.05, 4.69) is 10.5 Å². The highest BCUT2D eigenvalue weighted by Gasteiger charge is 2.16. The van der Waals surface area contributed by atoms with Crippen molar-refractivity contribution in [1.29, 1.82) is 0 Å². The van der Waals surface area contributed by atoms with E-state index in [1.165, 1.54) is 6.07 Å². The number of hydrogen-bond donors (Lipinski definition) is 4. The number of benzene rings is 2. The molecule has 9 nitrogen and oxygen atoms in total. The highest BCUT2D eigenvalue weighted by molar-refractivity contribution is 5.99. The van der Waals surface area contributed by atoms with Crippen molar-refractivity contribution in [3.63, 3.8) is 0 Å². The van der Waals surface area contributed by atoms with Crippen LogP contribution < -0.4 is 11.2 Å². The van der Waals surface area contributed by atoms with Crippen molar-refractivity contribution >= 4 is 23.5 Å². The average Bonchev–Trinajstić information content (AvgIpc) is 2.49. The number of phenols is 2. The van der Waals surface area contributed by atoms with Crippen molar-refractivity contribution < 1.29 is 19.9 Å². The van der Waals surface area contributed by atoms with Gasteiger partial charge in [0.05, 0.1) is 16.7 Å². The fourth-order valence-electron chi connectivity index (χ4n) is 1.76. The molecule has 23 heavy (non-hydrogen) atoms. The number of nitrogen functional groups attached to an aromatic ring is 1. The number of nitro benzene ring substituents is 1. The van der Waals surface area contributed by atoms with Gasteiger partial charge in [-0.3, -0.25) is 14.9 Å². The Kier molecular flexibility index (Phi) is 4.41. The Morgan fingerprint density at radius 2 is 1.96 bits per heavy atom. The molecule has 0 atom stereocenters. The third-order valence-electron chi connectivity index (χ3n) is 2.90. The molecule has 0 fully saturated rings. The van der Waals surface area contributed by atoms with E-state index in [4.69, 9.17) is 5.73 Å². The zero-order chi connectivity index (χ0) is 17.0. The summed E-state index contributed by atoms with van der Waals surface area (Å²) in [6.07, 6.45) is 1.01. The quantitative estimate of drug-likeness (QED) is 0.289. The first-order chi connectivity index (χ1) is 10.9. The molecule has 0 aromatic heterocycles. The molecule has 9 heteroatoms. The van der Waals surface area contributed by atoms with Gasteiger partial charge in [-0.1, -0.05) is 12.1 Å². The first-order valence-electron chi connectivity index (χ1n) is 6.28. The first-order valence-corrected chi connectivity index (χ1v) is 6.28. The largest absolute Gasteiger partial charge is 0.507 e. The molecule has 2 aromatic rings. The summed E-state index contributed by atoms with van der Waals surface area (Å²) in [5.41, 5.74) is 7.67. The zero-order valence-corrected chi connectivity index (χ0v) is 11.6. The van der Waals surface area contributed by atoms with Crippen LogP contribution in [0.2, 0.25) is 0 Å². The lowest BCUT2D eigenvalue weighted by molar-refractivity contribution is -0.385. The number of aromatic hydroxyl groups is 2. The molecule has 2 rings (SSSR count). The number of phenolic OH excluding ortho intramolecular Hbond substituents is 2. The summed E-state index contributed by atoms with van der Waals surface area (Å²) >= 11 is 0. The summed E-state index contributed by atoms with van der Waals surface area (Å²) in [7, 11) is 0. The first kappa shape index (κ1) is 15.8. The SMILES string of the molecule is Nc1ccccc1C(=O)N/N=C/c1cc([N+](=O)[O-])c(O)cc1O. The molecule has 0 radical (unpaired) electrons. The topological polar surface area (TPSA) is 151 Å². The number of nitrogens with one attached hydrogen (secondary N) is 1. The second-order valence-electron chi connectivity index (χ2n) is 4.44. The van der Waals surface area contributed by atoms with Crippen LogP contribution in [0.4, 0.5) is 11.4 Å². The van der Waals surface area contributed by atoms with E-state index in [9.17, 15) is 25.1 Å². The minimum absolute atomic E-state index is 0.0455. The van der Waals surface area contributed by atoms with Crippen molar-refractivity contribution in [2.45, 2.75) is 0 Å². The van der Waals surface area contributed by atoms with Crippen LogP contribution in [0.25, 0.3) is 0 Å². The number of nitro groups is 1. The number of carbonyl (C=O) groups is 1. The number of rotatable bonds is 4. The number of hydrogen-bond acceptors (Lipinski definition) is 7. The highest BCUT2D eigenvalue weighted by Crippen LogP contribution is 2.31. The Hall–Kier alpha value is -3.62. The van der Waals surface area contributed by atoms with Crippen LogP contribution in [0, 0.1) is 10.1 Å². The van der Waals surface area contributed by atoms with Crippen LogP contribution in [0.5, 0.6) is 11.5 Å². The van der Waals surface area contributed by atoms with Gasteiger partial charge < -0.3 is 15.9 Å². The van der Waals surface area contributed by atoms with Crippen LogP contribution >= 0.6 is 0 Å². The predicted molar refractivity (Wildman–Crippen MR) is 82.3 cm³/mol. The highest BCUT2D eigenvalue weighted by atomic mass is 16.6. The van der Waals surface area contributed by atoms with Gasteiger partial charge in [0, 0.05) is 23.4 Å². The minimum Gasteiger partial charge on any atom is -0.507 e. The van der Waals surface area contributed by atoms with E-state index < -0.39 is 28.0 Å². The van der Waals surface area contributed by atoms with Crippen LogP contribution in [0.3, 0.4) is 0 Å². The molecule has 5 N–H and O–H groups in total. The standard InChI is InChI=1S/C14H12N4O5/c15-10-4-2-1-3-9(10)14(21)17-16-7-8-5-11(18(22)23)13(20)6-12(8)19/h1-7,19-20H,15H2,(H,17,21)/b16-7+. The van der Waals surface area contributed by atoms with Crippen molar-refractivity contribution in [3.05, 3.63) is 57.6 Å². The predicted octanol–water partition coefficient (Wildman–Crippen LogP) is 1.35. The molecule has 0 saturated heterocycles. The second-order valence-corrected chi connectivity index (χ2v) is 4.44. The monoisotopic (exact) mass is 316 g/mol. The number of hydrazone groups is 1. The van der Waals surface area contributed by atoms with Crippen LogP contribution in [-0.4, -0.2) is 27.3 Å². The van der Waals surface area contributed by atoms with Crippen molar-refractivity contribution in [2.24, 2.45) is 5.10 Å². The number of para-hydroxylation sites is 1. The van der Waals surface area contributed by atoms with E-state index in [0.29, 0.717) is 0 Å². The lowest BCUT2D eigenvalue weighted by atomic mass is 10.2. The van der Waals surface area contributed by atoms with Crippen molar-refractivity contribution in [1.82, 2.24) is 5.43 Å².